The van der Waals surface area contributed by atoms with Crippen LogP contribution >= 0.6 is 15.9 Å². The molecule has 4 rings (SSSR count). The number of rotatable bonds is 13. The lowest BCUT2D eigenvalue weighted by Gasteiger charge is -2.34. The van der Waals surface area contributed by atoms with E-state index in [0.717, 1.165) is 53.5 Å². The first-order chi connectivity index (χ1) is 21.3. The molecule has 2 N–H and O–H groups in total. The first-order valence-corrected chi connectivity index (χ1v) is 16.4. The normalized spacial score (nSPS) is 12.8. The molecule has 7 nitrogen and oxygen atoms in total. The molecule has 0 radical (unpaired) electrons. The van der Waals surface area contributed by atoms with E-state index in [2.05, 4.69) is 27.8 Å². The largest absolute Gasteiger partial charge is 0.466 e. The van der Waals surface area contributed by atoms with E-state index in [1.54, 1.807) is 6.07 Å². The molecule has 8 heteroatoms. The summed E-state index contributed by atoms with van der Waals surface area (Å²) in [4.78, 5) is 37.6. The van der Waals surface area contributed by atoms with Gasteiger partial charge in [0.15, 0.2) is 5.78 Å². The van der Waals surface area contributed by atoms with Crippen molar-refractivity contribution in [1.82, 2.24) is 4.90 Å². The molecule has 0 heterocycles. The maximum absolute atomic E-state index is 12.5. The molecule has 45 heavy (non-hydrogen) atoms. The molecule has 0 amide bonds. The third-order valence-electron chi connectivity index (χ3n) is 7.72. The van der Waals surface area contributed by atoms with Gasteiger partial charge in [0.1, 0.15) is 0 Å². The van der Waals surface area contributed by atoms with Crippen LogP contribution in [0.25, 0.3) is 0 Å². The number of carbonyl (C=O) groups is 3. The van der Waals surface area contributed by atoms with E-state index in [0.29, 0.717) is 30.5 Å². The van der Waals surface area contributed by atoms with Gasteiger partial charge in [-0.1, -0.05) is 94.3 Å². The molecule has 3 aromatic carbocycles. The number of ketones is 1. The molecule has 0 aromatic heterocycles. The summed E-state index contributed by atoms with van der Waals surface area (Å²) in [5, 5.41) is 0. The molecule has 3 aromatic rings. The van der Waals surface area contributed by atoms with Crippen molar-refractivity contribution in [3.05, 3.63) is 99.5 Å². The summed E-state index contributed by atoms with van der Waals surface area (Å²) >= 11 is 3.50. The van der Waals surface area contributed by atoms with Gasteiger partial charge in [0.05, 0.1) is 24.5 Å². The molecule has 0 unspecified atom stereocenters. The average Bonchev–Trinajstić information content (AvgIpc) is 3.05. The first kappa shape index (κ1) is 37.7. The molecule has 1 aliphatic carbocycles. The molecule has 0 saturated heterocycles. The van der Waals surface area contributed by atoms with E-state index in [-0.39, 0.29) is 25.1 Å². The fraction of sp³-hybridized carbons (Fsp3) is 0.432. The maximum atomic E-state index is 12.5. The van der Waals surface area contributed by atoms with Gasteiger partial charge in [-0.05, 0) is 72.3 Å². The zero-order valence-electron chi connectivity index (χ0n) is 25.9. The number of ether oxygens (including phenoxy) is 2. The van der Waals surface area contributed by atoms with Gasteiger partial charge in [-0.15, -0.1) is 0 Å². The number of halogens is 1. The zero-order valence-corrected chi connectivity index (χ0v) is 27.5. The Morgan fingerprint density at radius 3 is 1.91 bits per heavy atom. The van der Waals surface area contributed by atoms with Gasteiger partial charge in [-0.2, -0.15) is 0 Å². The maximum Gasteiger partial charge on any atom is 0.338 e. The van der Waals surface area contributed by atoms with Crippen LogP contribution in [0.3, 0.4) is 0 Å². The van der Waals surface area contributed by atoms with Crippen molar-refractivity contribution >= 4 is 39.3 Å². The minimum Gasteiger partial charge on any atom is -0.466 e. The van der Waals surface area contributed by atoms with Crippen LogP contribution in [0.4, 0.5) is 5.69 Å². The third-order valence-corrected chi connectivity index (χ3v) is 8.38. The van der Waals surface area contributed by atoms with Gasteiger partial charge in [-0.3, -0.25) is 14.5 Å². The van der Waals surface area contributed by atoms with Crippen LogP contribution in [0.5, 0.6) is 0 Å². The van der Waals surface area contributed by atoms with Crippen LogP contribution in [0.15, 0.2) is 77.3 Å². The Morgan fingerprint density at radius 1 is 0.822 bits per heavy atom. The second kappa shape index (κ2) is 20.5. The third kappa shape index (κ3) is 12.8. The number of nitrogens with two attached hydrogens (primary N) is 1. The van der Waals surface area contributed by atoms with Crippen LogP contribution in [-0.2, 0) is 20.8 Å². The second-order valence-corrected chi connectivity index (χ2v) is 11.8. The number of anilines is 1. The van der Waals surface area contributed by atoms with Crippen molar-refractivity contribution in [3.63, 3.8) is 0 Å². The van der Waals surface area contributed by atoms with Crippen LogP contribution < -0.4 is 5.73 Å². The molecule has 244 valence electrons. The lowest BCUT2D eigenvalue weighted by Crippen LogP contribution is -2.36. The van der Waals surface area contributed by atoms with Crippen LogP contribution in [0.1, 0.15) is 104 Å². The number of hydrogen-bond donors (Lipinski definition) is 1. The lowest BCUT2D eigenvalue weighted by molar-refractivity contribution is -0.141. The van der Waals surface area contributed by atoms with Crippen molar-refractivity contribution in [2.24, 2.45) is 0 Å². The molecule has 1 aliphatic rings. The highest BCUT2D eigenvalue weighted by molar-refractivity contribution is 9.10. The first-order valence-electron chi connectivity index (χ1n) is 15.6. The number of nitrogen functional groups attached to an aromatic ring is 1. The number of esters is 2. The van der Waals surface area contributed by atoms with Crippen molar-refractivity contribution < 1.29 is 23.9 Å². The predicted octanol–water partition coefficient (Wildman–Crippen LogP) is 8.63. The Labute approximate surface area is 277 Å². The monoisotopic (exact) mass is 680 g/mol. The highest BCUT2D eigenvalue weighted by Gasteiger charge is 2.22. The van der Waals surface area contributed by atoms with Crippen molar-refractivity contribution in [2.75, 3.05) is 25.5 Å². The highest BCUT2D eigenvalue weighted by Crippen LogP contribution is 2.30. The second-order valence-electron chi connectivity index (χ2n) is 11.0. The highest BCUT2D eigenvalue weighted by atomic mass is 79.9. The van der Waals surface area contributed by atoms with Crippen molar-refractivity contribution in [3.8, 4) is 0 Å². The van der Waals surface area contributed by atoms with E-state index >= 15 is 0 Å². The molecule has 1 saturated carbocycles. The number of nitrogens with zero attached hydrogens (tertiary/aromatic N) is 1. The summed E-state index contributed by atoms with van der Waals surface area (Å²) in [5.74, 6) is -0.528. The Kier molecular flexibility index (Phi) is 17.2. The average molecular weight is 682 g/mol. The number of carbonyl (C=O) groups excluding carboxylic acids is 3. The van der Waals surface area contributed by atoms with Gasteiger partial charge >= 0.3 is 11.9 Å². The van der Waals surface area contributed by atoms with Gasteiger partial charge in [-0.25, -0.2) is 4.79 Å². The van der Waals surface area contributed by atoms with E-state index in [1.165, 1.54) is 39.0 Å². The Hall–Kier alpha value is -3.49. The molecule has 1 fully saturated rings. The molecular weight excluding hydrogens is 632 g/mol. The topological polar surface area (TPSA) is 98.9 Å². The predicted molar refractivity (Wildman–Crippen MR) is 185 cm³/mol. The van der Waals surface area contributed by atoms with Crippen molar-refractivity contribution in [1.29, 1.82) is 0 Å². The van der Waals surface area contributed by atoms with Gasteiger partial charge in [0.25, 0.3) is 0 Å². The van der Waals surface area contributed by atoms with Crippen LogP contribution in [0.2, 0.25) is 0 Å². The summed E-state index contributed by atoms with van der Waals surface area (Å²) in [5.41, 5.74) is 9.95. The summed E-state index contributed by atoms with van der Waals surface area (Å²) in [7, 11) is 0. The SMILES string of the molecule is C.CCN(Cc1cc(C(=O)OCCCCCOC(C)=O)cc(Br)c1N)C1CCCCC1.O=C(c1ccccc1)c1ccccc1. The quantitative estimate of drug-likeness (QED) is 0.0835. The van der Waals surface area contributed by atoms with E-state index < -0.39 is 0 Å². The molecular formula is C37H49BrN2O5. The molecule has 0 aliphatic heterocycles. The van der Waals surface area contributed by atoms with Gasteiger partial charge < -0.3 is 15.2 Å². The van der Waals surface area contributed by atoms with E-state index in [4.69, 9.17) is 15.2 Å². The minimum absolute atomic E-state index is 0. The van der Waals surface area contributed by atoms with E-state index in [1.807, 2.05) is 66.7 Å². The number of unbranched alkanes of at least 4 members (excludes halogenated alkanes) is 2. The van der Waals surface area contributed by atoms with Crippen LogP contribution in [0, 0.1) is 0 Å². The van der Waals surface area contributed by atoms with Crippen LogP contribution in [-0.4, -0.2) is 48.4 Å². The van der Waals surface area contributed by atoms with Crippen molar-refractivity contribution in [2.45, 2.75) is 85.2 Å². The summed E-state index contributed by atoms with van der Waals surface area (Å²) in [6, 6.07) is 22.8. The fourth-order valence-corrected chi connectivity index (χ4v) is 5.78. The van der Waals surface area contributed by atoms with Gasteiger partial charge in [0, 0.05) is 35.1 Å². The summed E-state index contributed by atoms with van der Waals surface area (Å²) < 4.78 is 11.1. The van der Waals surface area contributed by atoms with E-state index in [9.17, 15) is 14.4 Å². The standard InChI is InChI=1S/C23H35BrN2O4.C13H10O.CH4/c1-3-26(20-10-6-4-7-11-20)16-19-14-18(15-21(24)22(19)25)23(28)30-13-9-5-8-12-29-17(2)27;14-13(11-7-3-1-4-8-11)12-9-5-2-6-10-12;/h14-15,20H,3-13,16,25H2,1-2H3;1-10H;1H4. The fourth-order valence-electron chi connectivity index (χ4n) is 5.28. The molecule has 0 spiro atoms. The Morgan fingerprint density at radius 2 is 1.38 bits per heavy atom. The Bertz CT molecular complexity index is 1290. The Balaban J connectivity index is 0.000000391. The summed E-state index contributed by atoms with van der Waals surface area (Å²) in [6.45, 7) is 6.04. The number of hydrogen-bond acceptors (Lipinski definition) is 7. The minimum atomic E-state index is -0.336. The smallest absolute Gasteiger partial charge is 0.338 e. The summed E-state index contributed by atoms with van der Waals surface area (Å²) in [6.07, 6.45) is 8.70. The van der Waals surface area contributed by atoms with Gasteiger partial charge in [0.2, 0.25) is 0 Å². The number of benzene rings is 3. The molecule has 0 bridgehead atoms. The molecule has 0 atom stereocenters. The zero-order chi connectivity index (χ0) is 31.7. The lowest BCUT2D eigenvalue weighted by atomic mass is 9.93.